The molecule has 0 spiro atoms. The van der Waals surface area contributed by atoms with E-state index >= 15 is 0 Å². The lowest BCUT2D eigenvalue weighted by Gasteiger charge is -2.38. The molecule has 0 radical (unpaired) electrons. The zero-order valence-corrected chi connectivity index (χ0v) is 14.7. The van der Waals surface area contributed by atoms with Gasteiger partial charge in [0.2, 0.25) is 0 Å². The van der Waals surface area contributed by atoms with E-state index in [-0.39, 0.29) is 11.8 Å². The summed E-state index contributed by atoms with van der Waals surface area (Å²) < 4.78 is 19.2. The van der Waals surface area contributed by atoms with Crippen LogP contribution in [0.5, 0.6) is 5.75 Å². The van der Waals surface area contributed by atoms with E-state index in [9.17, 15) is 14.3 Å². The summed E-state index contributed by atoms with van der Waals surface area (Å²) >= 11 is 0. The van der Waals surface area contributed by atoms with Crippen LogP contribution in [0.1, 0.15) is 34.8 Å². The van der Waals surface area contributed by atoms with Gasteiger partial charge in [0, 0.05) is 24.4 Å². The number of carbonyl (C=O) groups is 1. The van der Waals surface area contributed by atoms with E-state index in [1.54, 1.807) is 31.4 Å². The van der Waals surface area contributed by atoms with Crippen molar-refractivity contribution < 1.29 is 19.0 Å². The predicted molar refractivity (Wildman–Crippen MR) is 95.7 cm³/mol. The Hall–Kier alpha value is -2.67. The van der Waals surface area contributed by atoms with Crippen LogP contribution >= 0.6 is 0 Å². The van der Waals surface area contributed by atoms with Crippen molar-refractivity contribution >= 4 is 11.7 Å². The van der Waals surface area contributed by atoms with Gasteiger partial charge in [0.25, 0.3) is 5.91 Å². The Kier molecular flexibility index (Phi) is 5.37. The predicted octanol–water partition coefficient (Wildman–Crippen LogP) is 2.51. The van der Waals surface area contributed by atoms with E-state index in [4.69, 9.17) is 4.74 Å². The zero-order valence-electron chi connectivity index (χ0n) is 14.7. The number of ether oxygens (including phenoxy) is 1. The van der Waals surface area contributed by atoms with Gasteiger partial charge in [-0.1, -0.05) is 0 Å². The Morgan fingerprint density at radius 1 is 1.35 bits per heavy atom. The summed E-state index contributed by atoms with van der Waals surface area (Å²) in [7, 11) is 3.23. The topological polar surface area (TPSA) is 83.5 Å². The highest BCUT2D eigenvalue weighted by Crippen LogP contribution is 2.41. The molecule has 1 atom stereocenters. The van der Waals surface area contributed by atoms with E-state index in [0.717, 1.165) is 0 Å². The Morgan fingerprint density at radius 3 is 2.77 bits per heavy atom. The number of nitrogens with zero attached hydrogens (tertiary/aromatic N) is 1. The smallest absolute Gasteiger partial charge is 0.251 e. The molecule has 2 aromatic rings. The number of benzene rings is 1. The normalized spacial score (nSPS) is 20.0. The number of carbonyl (C=O) groups excluding carboxylic acids is 1. The minimum atomic E-state index is -0.456. The Morgan fingerprint density at radius 2 is 2.12 bits per heavy atom. The first-order valence-corrected chi connectivity index (χ1v) is 8.48. The van der Waals surface area contributed by atoms with Gasteiger partial charge in [-0.05, 0) is 49.1 Å². The van der Waals surface area contributed by atoms with Crippen LogP contribution in [0.4, 0.5) is 10.2 Å². The number of rotatable bonds is 6. The first-order chi connectivity index (χ1) is 12.5. The molecule has 1 aromatic carbocycles. The highest BCUT2D eigenvalue weighted by atomic mass is 19.1. The molecule has 138 valence electrons. The van der Waals surface area contributed by atoms with Crippen molar-refractivity contribution in [3.8, 4) is 5.75 Å². The van der Waals surface area contributed by atoms with Gasteiger partial charge in [0.15, 0.2) is 0 Å². The van der Waals surface area contributed by atoms with E-state index in [0.29, 0.717) is 35.5 Å². The largest absolute Gasteiger partial charge is 0.496 e. The maximum absolute atomic E-state index is 13.8. The van der Waals surface area contributed by atoms with Crippen LogP contribution in [0.15, 0.2) is 36.5 Å². The number of amides is 1. The monoisotopic (exact) mass is 359 g/mol. The summed E-state index contributed by atoms with van der Waals surface area (Å²) in [5.41, 5.74) is 1.02. The third-order valence-electron chi connectivity index (χ3n) is 4.71. The molecule has 3 rings (SSSR count). The second kappa shape index (κ2) is 7.70. The van der Waals surface area contributed by atoms with Gasteiger partial charge < -0.3 is 20.5 Å². The zero-order chi connectivity index (χ0) is 18.7. The number of pyridine rings is 1. The average molecular weight is 359 g/mol. The lowest BCUT2D eigenvalue weighted by Crippen LogP contribution is -2.41. The highest BCUT2D eigenvalue weighted by molar-refractivity contribution is 5.95. The molecule has 1 aliphatic carbocycles. The number of hydrogen-bond acceptors (Lipinski definition) is 5. The van der Waals surface area contributed by atoms with Gasteiger partial charge in [-0.3, -0.25) is 4.79 Å². The van der Waals surface area contributed by atoms with E-state index < -0.39 is 18.0 Å². The van der Waals surface area contributed by atoms with Crippen molar-refractivity contribution in [1.29, 1.82) is 0 Å². The fourth-order valence-corrected chi connectivity index (χ4v) is 3.23. The maximum atomic E-state index is 13.8. The second-order valence-corrected chi connectivity index (χ2v) is 6.40. The van der Waals surface area contributed by atoms with Gasteiger partial charge in [-0.15, -0.1) is 0 Å². The number of aromatic nitrogens is 1. The molecule has 1 aliphatic rings. The maximum Gasteiger partial charge on any atom is 0.251 e. The molecule has 1 amide bonds. The van der Waals surface area contributed by atoms with Gasteiger partial charge >= 0.3 is 0 Å². The first-order valence-electron chi connectivity index (χ1n) is 8.48. The number of hydrogen-bond donors (Lipinski definition) is 3. The summed E-state index contributed by atoms with van der Waals surface area (Å²) in [6.45, 7) is 0. The SMILES string of the molecule is CNc1cc(C(=O)N[C@H](c2cc(F)ccc2OC)C2CC(O)C2)ccn1. The minimum Gasteiger partial charge on any atom is -0.496 e. The third-order valence-corrected chi connectivity index (χ3v) is 4.71. The van der Waals surface area contributed by atoms with Crippen LogP contribution in [0.25, 0.3) is 0 Å². The molecule has 3 N–H and O–H groups in total. The van der Waals surface area contributed by atoms with Crippen LogP contribution in [-0.2, 0) is 0 Å². The lowest BCUT2D eigenvalue weighted by atomic mass is 9.74. The van der Waals surface area contributed by atoms with Gasteiger partial charge in [-0.2, -0.15) is 0 Å². The number of aliphatic hydroxyl groups excluding tert-OH is 1. The van der Waals surface area contributed by atoms with Crippen molar-refractivity contribution in [2.75, 3.05) is 19.5 Å². The third kappa shape index (κ3) is 3.77. The second-order valence-electron chi connectivity index (χ2n) is 6.40. The van der Waals surface area contributed by atoms with Crippen LogP contribution in [0.3, 0.4) is 0 Å². The summed E-state index contributed by atoms with van der Waals surface area (Å²) in [5, 5.41) is 15.5. The number of aliphatic hydroxyl groups is 1. The lowest BCUT2D eigenvalue weighted by molar-refractivity contribution is 0.0231. The number of halogens is 1. The number of methoxy groups -OCH3 is 1. The molecular weight excluding hydrogens is 337 g/mol. The quantitative estimate of drug-likeness (QED) is 0.738. The van der Waals surface area contributed by atoms with Crippen molar-refractivity contribution in [1.82, 2.24) is 10.3 Å². The molecule has 1 heterocycles. The fraction of sp³-hybridized carbons (Fsp3) is 0.368. The Balaban J connectivity index is 1.90. The molecule has 1 saturated carbocycles. The van der Waals surface area contributed by atoms with Gasteiger partial charge in [0.05, 0.1) is 19.3 Å². The highest BCUT2D eigenvalue weighted by Gasteiger charge is 2.37. The number of anilines is 1. The summed E-state index contributed by atoms with van der Waals surface area (Å²) in [6.07, 6.45) is 2.24. The Bertz CT molecular complexity index is 793. The van der Waals surface area contributed by atoms with Crippen molar-refractivity contribution in [2.45, 2.75) is 25.0 Å². The molecule has 26 heavy (non-hydrogen) atoms. The number of nitrogens with one attached hydrogen (secondary N) is 2. The fourth-order valence-electron chi connectivity index (χ4n) is 3.23. The molecule has 0 unspecified atom stereocenters. The molecular formula is C19H22FN3O3. The summed E-state index contributed by atoms with van der Waals surface area (Å²) in [5.74, 6) is 0.401. The molecule has 7 heteroatoms. The molecule has 1 aromatic heterocycles. The van der Waals surface area contributed by atoms with Gasteiger partial charge in [0.1, 0.15) is 17.4 Å². The summed E-state index contributed by atoms with van der Waals surface area (Å²) in [4.78, 5) is 16.8. The average Bonchev–Trinajstić information content (AvgIpc) is 2.63. The van der Waals surface area contributed by atoms with E-state index in [1.807, 2.05) is 0 Å². The van der Waals surface area contributed by atoms with E-state index in [2.05, 4.69) is 15.6 Å². The van der Waals surface area contributed by atoms with Crippen LogP contribution in [0.2, 0.25) is 0 Å². The van der Waals surface area contributed by atoms with E-state index in [1.165, 1.54) is 19.2 Å². The first kappa shape index (κ1) is 18.1. The molecule has 0 bridgehead atoms. The standard InChI is InChI=1S/C19H22FN3O3/c1-21-17-9-11(5-6-22-17)19(25)23-18(12-7-14(24)8-12)15-10-13(20)3-4-16(15)26-2/h3-6,9-10,12,14,18,24H,7-8H2,1-2H3,(H,21,22)(H,23,25)/t12?,14?,18-/m0/s1. The van der Waals surface area contributed by atoms with Crippen molar-refractivity contribution in [3.63, 3.8) is 0 Å². The summed E-state index contributed by atoms with van der Waals surface area (Å²) in [6, 6.07) is 7.04. The van der Waals surface area contributed by atoms with Gasteiger partial charge in [-0.25, -0.2) is 9.37 Å². The van der Waals surface area contributed by atoms with Crippen LogP contribution in [0, 0.1) is 11.7 Å². The van der Waals surface area contributed by atoms with Crippen molar-refractivity contribution in [3.05, 3.63) is 53.5 Å². The minimum absolute atomic E-state index is 0.00950. The molecule has 0 aliphatic heterocycles. The molecule has 1 fully saturated rings. The molecule has 0 saturated heterocycles. The van der Waals surface area contributed by atoms with Crippen LogP contribution in [-0.4, -0.2) is 36.3 Å². The molecule has 6 nitrogen and oxygen atoms in total. The Labute approximate surface area is 151 Å². The van der Waals surface area contributed by atoms with Crippen LogP contribution < -0.4 is 15.4 Å². The van der Waals surface area contributed by atoms with Crippen molar-refractivity contribution in [2.24, 2.45) is 5.92 Å².